The maximum absolute atomic E-state index is 12.4. The number of aliphatic hydroxyl groups is 1. The molecule has 1 saturated heterocycles. The molecule has 2 aliphatic carbocycles. The van der Waals surface area contributed by atoms with Crippen molar-refractivity contribution in [1.29, 1.82) is 0 Å². The maximum Gasteiger partial charge on any atom is 0.227 e. The molecule has 0 radical (unpaired) electrons. The lowest BCUT2D eigenvalue weighted by Crippen LogP contribution is -2.63. The van der Waals surface area contributed by atoms with E-state index in [9.17, 15) is 9.90 Å². The molecule has 3 fully saturated rings. The molecule has 0 atom stereocenters. The topological polar surface area (TPSA) is 119 Å². The second kappa shape index (κ2) is 9.40. The molecule has 0 unspecified atom stereocenters. The number of rotatable bonds is 8. The number of β-amino-alcohol motifs (C(OH)–C–C–N with tert-alkyl or cyclic N) is 1. The molecule has 4 N–H and O–H groups in total. The maximum atomic E-state index is 12.4. The van der Waals surface area contributed by atoms with Crippen LogP contribution in [0.3, 0.4) is 0 Å². The predicted molar refractivity (Wildman–Crippen MR) is 140 cm³/mol. The molecule has 1 aromatic carbocycles. The van der Waals surface area contributed by atoms with E-state index in [1.807, 2.05) is 43.3 Å². The summed E-state index contributed by atoms with van der Waals surface area (Å²) in [5.41, 5.74) is 1.17. The van der Waals surface area contributed by atoms with E-state index in [0.717, 1.165) is 60.6 Å². The molecular weight excluding hydrogens is 474 g/mol. The third kappa shape index (κ3) is 5.05. The fourth-order valence-corrected chi connectivity index (χ4v) is 5.86. The van der Waals surface area contributed by atoms with Gasteiger partial charge < -0.3 is 20.6 Å². The molecule has 10 heteroatoms. The van der Waals surface area contributed by atoms with E-state index in [1.54, 1.807) is 0 Å². The molecule has 3 aromatic rings. The van der Waals surface area contributed by atoms with Gasteiger partial charge in [-0.3, -0.25) is 9.89 Å². The molecule has 36 heavy (non-hydrogen) atoms. The number of aromatic nitrogens is 4. The molecule has 2 saturated carbocycles. The summed E-state index contributed by atoms with van der Waals surface area (Å²) < 4.78 is 0. The number of hydrogen-bond donors (Lipinski definition) is 4. The van der Waals surface area contributed by atoms with Gasteiger partial charge >= 0.3 is 0 Å². The molecule has 3 heterocycles. The van der Waals surface area contributed by atoms with Gasteiger partial charge in [0.2, 0.25) is 5.91 Å². The Kier molecular flexibility index (Phi) is 6.08. The van der Waals surface area contributed by atoms with Crippen LogP contribution in [0.1, 0.15) is 44.2 Å². The Hall–Kier alpha value is -3.11. The third-order valence-electron chi connectivity index (χ3n) is 7.30. The summed E-state index contributed by atoms with van der Waals surface area (Å²) in [6.07, 6.45) is 6.46. The van der Waals surface area contributed by atoms with Crippen molar-refractivity contribution in [1.82, 2.24) is 20.2 Å². The average Bonchev–Trinajstić information content (AvgIpc) is 3.39. The quantitative estimate of drug-likeness (QED) is 0.331. The van der Waals surface area contributed by atoms with Crippen LogP contribution in [-0.2, 0) is 4.79 Å². The lowest BCUT2D eigenvalue weighted by atomic mass is 9.89. The first-order chi connectivity index (χ1) is 17.4. The van der Waals surface area contributed by atoms with Gasteiger partial charge in [-0.25, -0.2) is 9.97 Å². The number of H-pyrrole nitrogens is 1. The number of benzene rings is 1. The summed E-state index contributed by atoms with van der Waals surface area (Å²) in [5, 5.41) is 24.9. The Bertz CT molecular complexity index is 1250. The Morgan fingerprint density at radius 3 is 2.50 bits per heavy atom. The number of anilines is 4. The van der Waals surface area contributed by atoms with E-state index < -0.39 is 5.60 Å². The zero-order valence-electron chi connectivity index (χ0n) is 20.3. The molecule has 6 rings (SSSR count). The summed E-state index contributed by atoms with van der Waals surface area (Å²) >= 11 is 1.46. The Morgan fingerprint density at radius 2 is 1.83 bits per heavy atom. The number of nitrogens with zero attached hydrogens (tertiary/aromatic N) is 4. The standard InChI is InChI=1S/C26H31N7O2S/c1-16-12-22(32-31-16)28-21-13-23(33-14-26(35,15-33)18-6-7-18)30-25(29-21)36-20-10-8-19(9-11-20)27-24(34)17-4-2-3-5-17/h8-13,17-18,35H,2-7,14-15H2,1H3,(H,27,34)(H2,28,29,30,31,32). The van der Waals surface area contributed by atoms with Gasteiger partial charge in [0.05, 0.1) is 13.1 Å². The van der Waals surface area contributed by atoms with Crippen molar-refractivity contribution < 1.29 is 9.90 Å². The molecule has 1 aliphatic heterocycles. The van der Waals surface area contributed by atoms with Crippen LogP contribution in [0, 0.1) is 18.8 Å². The van der Waals surface area contributed by atoms with Crippen LogP contribution >= 0.6 is 11.8 Å². The molecule has 9 nitrogen and oxygen atoms in total. The highest BCUT2D eigenvalue weighted by Crippen LogP contribution is 2.45. The second-order valence-electron chi connectivity index (χ2n) is 10.3. The van der Waals surface area contributed by atoms with Gasteiger partial charge in [0.1, 0.15) is 17.2 Å². The summed E-state index contributed by atoms with van der Waals surface area (Å²) in [5.74, 6) is 2.80. The number of carbonyl (C=O) groups is 1. The van der Waals surface area contributed by atoms with Gasteiger partial charge in [-0.1, -0.05) is 12.8 Å². The van der Waals surface area contributed by atoms with Crippen LogP contribution in [-0.4, -0.2) is 49.9 Å². The molecule has 0 spiro atoms. The predicted octanol–water partition coefficient (Wildman–Crippen LogP) is 4.49. The highest BCUT2D eigenvalue weighted by atomic mass is 32.2. The first-order valence-corrected chi connectivity index (χ1v) is 13.5. The number of aryl methyl sites for hydroxylation is 1. The fourth-order valence-electron chi connectivity index (χ4n) is 5.10. The molecule has 0 bridgehead atoms. The lowest BCUT2D eigenvalue weighted by Gasteiger charge is -2.47. The summed E-state index contributed by atoms with van der Waals surface area (Å²) in [7, 11) is 0. The Balaban J connectivity index is 1.18. The molecular formula is C26H31N7O2S. The first-order valence-electron chi connectivity index (χ1n) is 12.7. The lowest BCUT2D eigenvalue weighted by molar-refractivity contribution is -0.119. The van der Waals surface area contributed by atoms with E-state index in [0.29, 0.717) is 35.8 Å². The average molecular weight is 506 g/mol. The minimum Gasteiger partial charge on any atom is -0.386 e. The van der Waals surface area contributed by atoms with Crippen LogP contribution in [0.15, 0.2) is 46.5 Å². The van der Waals surface area contributed by atoms with E-state index >= 15 is 0 Å². The Morgan fingerprint density at radius 1 is 1.08 bits per heavy atom. The van der Waals surface area contributed by atoms with Crippen molar-refractivity contribution in [2.24, 2.45) is 11.8 Å². The van der Waals surface area contributed by atoms with Crippen molar-refractivity contribution in [3.8, 4) is 0 Å². The molecule has 3 aliphatic rings. The number of aromatic amines is 1. The molecule has 1 amide bonds. The smallest absolute Gasteiger partial charge is 0.227 e. The largest absolute Gasteiger partial charge is 0.386 e. The van der Waals surface area contributed by atoms with Gasteiger partial charge in [0.25, 0.3) is 0 Å². The Labute approximate surface area is 214 Å². The third-order valence-corrected chi connectivity index (χ3v) is 8.17. The first kappa shape index (κ1) is 23.3. The number of hydrogen-bond acceptors (Lipinski definition) is 8. The second-order valence-corrected chi connectivity index (χ2v) is 11.3. The van der Waals surface area contributed by atoms with E-state index in [4.69, 9.17) is 9.97 Å². The highest BCUT2D eigenvalue weighted by molar-refractivity contribution is 7.99. The van der Waals surface area contributed by atoms with Crippen molar-refractivity contribution in [3.63, 3.8) is 0 Å². The summed E-state index contributed by atoms with van der Waals surface area (Å²) in [6.45, 7) is 3.13. The van der Waals surface area contributed by atoms with Gasteiger partial charge in [0.15, 0.2) is 11.0 Å². The van der Waals surface area contributed by atoms with Gasteiger partial charge in [0, 0.05) is 34.3 Å². The summed E-state index contributed by atoms with van der Waals surface area (Å²) in [4.78, 5) is 25.0. The monoisotopic (exact) mass is 505 g/mol. The van der Waals surface area contributed by atoms with Gasteiger partial charge in [-0.05, 0) is 74.6 Å². The van der Waals surface area contributed by atoms with Crippen LogP contribution in [0.4, 0.5) is 23.1 Å². The van der Waals surface area contributed by atoms with E-state index in [1.165, 1.54) is 11.8 Å². The van der Waals surface area contributed by atoms with Crippen LogP contribution < -0.4 is 15.5 Å². The SMILES string of the molecule is Cc1cc(Nc2cc(N3CC(O)(C4CC4)C3)nc(Sc3ccc(NC(=O)C4CCCC4)cc3)n2)n[nH]1. The van der Waals surface area contributed by atoms with E-state index in [-0.39, 0.29) is 11.8 Å². The highest BCUT2D eigenvalue weighted by Gasteiger charge is 2.52. The molecule has 2 aromatic heterocycles. The minimum atomic E-state index is -0.593. The van der Waals surface area contributed by atoms with Crippen molar-refractivity contribution in [2.45, 2.75) is 61.1 Å². The fraction of sp³-hybridized carbons (Fsp3) is 0.462. The number of carbonyl (C=O) groups excluding carboxylic acids is 1. The minimum absolute atomic E-state index is 0.119. The summed E-state index contributed by atoms with van der Waals surface area (Å²) in [6, 6.07) is 11.6. The normalized spacial score (nSPS) is 19.2. The van der Waals surface area contributed by atoms with Crippen molar-refractivity contribution in [2.75, 3.05) is 28.6 Å². The zero-order chi connectivity index (χ0) is 24.7. The number of nitrogens with one attached hydrogen (secondary N) is 3. The molecule has 188 valence electrons. The van der Waals surface area contributed by atoms with Crippen molar-refractivity contribution >= 4 is 40.8 Å². The van der Waals surface area contributed by atoms with Crippen LogP contribution in [0.25, 0.3) is 0 Å². The van der Waals surface area contributed by atoms with Gasteiger partial charge in [-0.2, -0.15) is 5.10 Å². The van der Waals surface area contributed by atoms with Crippen LogP contribution in [0.2, 0.25) is 0 Å². The van der Waals surface area contributed by atoms with Crippen LogP contribution in [0.5, 0.6) is 0 Å². The van der Waals surface area contributed by atoms with Gasteiger partial charge in [-0.15, -0.1) is 0 Å². The van der Waals surface area contributed by atoms with Crippen molar-refractivity contribution in [3.05, 3.63) is 42.1 Å². The number of amides is 1. The van der Waals surface area contributed by atoms with E-state index in [2.05, 4.69) is 25.7 Å². The zero-order valence-corrected chi connectivity index (χ0v) is 21.1.